The van der Waals surface area contributed by atoms with Crippen molar-refractivity contribution in [2.75, 3.05) is 17.2 Å². The van der Waals surface area contributed by atoms with Crippen molar-refractivity contribution in [3.05, 3.63) is 39.6 Å². The van der Waals surface area contributed by atoms with Gasteiger partial charge in [0.25, 0.3) is 5.91 Å². The summed E-state index contributed by atoms with van der Waals surface area (Å²) in [6.45, 7) is 7.64. The van der Waals surface area contributed by atoms with E-state index < -0.39 is 11.5 Å². The highest BCUT2D eigenvalue weighted by atomic mass is 16.4. The van der Waals surface area contributed by atoms with Gasteiger partial charge in [0.05, 0.1) is 6.20 Å². The van der Waals surface area contributed by atoms with E-state index in [1.54, 1.807) is 19.2 Å². The molecule has 2 aromatic rings. The summed E-state index contributed by atoms with van der Waals surface area (Å²) in [6, 6.07) is 1.78. The zero-order chi connectivity index (χ0) is 18.0. The first-order valence-corrected chi connectivity index (χ1v) is 8.70. The first-order chi connectivity index (χ1) is 12.0. The minimum absolute atomic E-state index is 0.0454. The third-order valence-electron chi connectivity index (χ3n) is 4.32. The molecule has 0 aromatic carbocycles. The molecule has 134 valence electrons. The molecule has 0 spiro atoms. The van der Waals surface area contributed by atoms with Crippen LogP contribution < -0.4 is 16.3 Å². The summed E-state index contributed by atoms with van der Waals surface area (Å²) in [5.41, 5.74) is 0.656. The van der Waals surface area contributed by atoms with E-state index in [0.717, 1.165) is 31.7 Å². The number of rotatable bonds is 5. The second kappa shape index (κ2) is 7.13. The Morgan fingerprint density at radius 3 is 3.00 bits per heavy atom. The first-order valence-electron chi connectivity index (χ1n) is 8.70. The van der Waals surface area contributed by atoms with Crippen LogP contribution in [0.3, 0.4) is 0 Å². The molecule has 1 aliphatic rings. The number of hydrogen-bond acceptors (Lipinski definition) is 5. The molecule has 1 amide bonds. The van der Waals surface area contributed by atoms with Gasteiger partial charge < -0.3 is 15.1 Å². The summed E-state index contributed by atoms with van der Waals surface area (Å²) in [7, 11) is 0. The summed E-state index contributed by atoms with van der Waals surface area (Å²) >= 11 is 0. The van der Waals surface area contributed by atoms with Crippen molar-refractivity contribution in [1.29, 1.82) is 0 Å². The second-order valence-electron chi connectivity index (χ2n) is 6.86. The van der Waals surface area contributed by atoms with Crippen LogP contribution in [0.4, 0.5) is 11.5 Å². The van der Waals surface area contributed by atoms with E-state index in [2.05, 4.69) is 29.6 Å². The molecule has 0 radical (unpaired) electrons. The molecule has 0 aliphatic carbocycles. The number of fused-ring (bicyclic) bond motifs is 1. The molecule has 0 saturated carbocycles. The van der Waals surface area contributed by atoms with E-state index in [1.807, 2.05) is 4.68 Å². The number of hydrogen-bond donors (Lipinski definition) is 2. The molecule has 0 bridgehead atoms. The molecular formula is C18H24N4O3. The Bertz CT molecular complexity index is 835. The van der Waals surface area contributed by atoms with Gasteiger partial charge >= 0.3 is 5.63 Å². The third-order valence-corrected chi connectivity index (χ3v) is 4.32. The van der Waals surface area contributed by atoms with Crippen LogP contribution in [0.2, 0.25) is 0 Å². The number of carbonyl (C=O) groups excluding carboxylic acids is 1. The molecule has 3 rings (SSSR count). The van der Waals surface area contributed by atoms with Crippen molar-refractivity contribution in [3.8, 4) is 0 Å². The van der Waals surface area contributed by atoms with Crippen molar-refractivity contribution in [3.63, 3.8) is 0 Å². The van der Waals surface area contributed by atoms with Gasteiger partial charge in [0.2, 0.25) is 0 Å². The fraction of sp³-hybridized carbons (Fsp3) is 0.500. The standard InChI is InChI=1S/C18H24N4O3/c1-11(2)5-6-13-9-12(3)15(18(24)25-13)17(23)21-14-10-20-22-8-4-7-19-16(14)22/h9-11,19H,4-8H2,1-3H3,(H,21,23). The molecule has 3 heterocycles. The van der Waals surface area contributed by atoms with Crippen molar-refractivity contribution >= 4 is 17.4 Å². The van der Waals surface area contributed by atoms with Crippen LogP contribution >= 0.6 is 0 Å². The van der Waals surface area contributed by atoms with E-state index in [9.17, 15) is 9.59 Å². The van der Waals surface area contributed by atoms with Crippen molar-refractivity contribution in [1.82, 2.24) is 9.78 Å². The number of amides is 1. The molecule has 1 aliphatic heterocycles. The van der Waals surface area contributed by atoms with Crippen LogP contribution in [-0.2, 0) is 13.0 Å². The zero-order valence-electron chi connectivity index (χ0n) is 14.9. The fourth-order valence-corrected chi connectivity index (χ4v) is 2.95. The van der Waals surface area contributed by atoms with Gasteiger partial charge in [-0.05, 0) is 37.3 Å². The van der Waals surface area contributed by atoms with Crippen molar-refractivity contribution in [2.24, 2.45) is 5.92 Å². The normalized spacial score (nSPS) is 13.4. The van der Waals surface area contributed by atoms with Gasteiger partial charge in [-0.2, -0.15) is 5.10 Å². The van der Waals surface area contributed by atoms with Crippen molar-refractivity contribution < 1.29 is 9.21 Å². The molecule has 2 aromatic heterocycles. The van der Waals surface area contributed by atoms with Gasteiger partial charge in [0, 0.05) is 19.5 Å². The first kappa shape index (κ1) is 17.3. The summed E-state index contributed by atoms with van der Waals surface area (Å²) in [5.74, 6) is 1.45. The summed E-state index contributed by atoms with van der Waals surface area (Å²) in [5, 5.41) is 10.2. The predicted molar refractivity (Wildman–Crippen MR) is 96.2 cm³/mol. The average Bonchev–Trinajstić information content (AvgIpc) is 2.95. The Labute approximate surface area is 146 Å². The van der Waals surface area contributed by atoms with Crippen LogP contribution in [0.15, 0.2) is 21.5 Å². The SMILES string of the molecule is Cc1cc(CCC(C)C)oc(=O)c1C(=O)Nc1cnn2c1NCCC2. The molecule has 0 atom stereocenters. The summed E-state index contributed by atoms with van der Waals surface area (Å²) in [4.78, 5) is 24.9. The number of aryl methyl sites for hydroxylation is 3. The van der Waals surface area contributed by atoms with Crippen LogP contribution in [0, 0.1) is 12.8 Å². The Kier molecular flexibility index (Phi) is 4.92. The smallest absolute Gasteiger partial charge is 0.349 e. The molecule has 0 unspecified atom stereocenters. The third kappa shape index (κ3) is 3.75. The fourth-order valence-electron chi connectivity index (χ4n) is 2.95. The van der Waals surface area contributed by atoms with Crippen molar-refractivity contribution in [2.45, 2.75) is 46.6 Å². The number of nitrogens with one attached hydrogen (secondary N) is 2. The molecule has 2 N–H and O–H groups in total. The quantitative estimate of drug-likeness (QED) is 0.870. The van der Waals surface area contributed by atoms with Gasteiger partial charge in [0.1, 0.15) is 22.8 Å². The minimum Gasteiger partial charge on any atom is -0.427 e. The monoisotopic (exact) mass is 344 g/mol. The van der Waals surface area contributed by atoms with E-state index >= 15 is 0 Å². The largest absolute Gasteiger partial charge is 0.427 e. The Morgan fingerprint density at radius 1 is 1.48 bits per heavy atom. The van der Waals surface area contributed by atoms with E-state index in [-0.39, 0.29) is 5.56 Å². The van der Waals surface area contributed by atoms with Crippen LogP contribution in [-0.4, -0.2) is 22.2 Å². The lowest BCUT2D eigenvalue weighted by Crippen LogP contribution is -2.24. The van der Waals surface area contributed by atoms with Gasteiger partial charge in [-0.3, -0.25) is 4.79 Å². The highest BCUT2D eigenvalue weighted by Crippen LogP contribution is 2.24. The summed E-state index contributed by atoms with van der Waals surface area (Å²) < 4.78 is 7.15. The topological polar surface area (TPSA) is 89.2 Å². The molecule has 25 heavy (non-hydrogen) atoms. The highest BCUT2D eigenvalue weighted by molar-refractivity contribution is 6.06. The zero-order valence-corrected chi connectivity index (χ0v) is 14.9. The lowest BCUT2D eigenvalue weighted by molar-refractivity contribution is 0.102. The summed E-state index contributed by atoms with van der Waals surface area (Å²) in [6.07, 6.45) is 4.21. The van der Waals surface area contributed by atoms with Crippen LogP contribution in [0.25, 0.3) is 0 Å². The average molecular weight is 344 g/mol. The van der Waals surface area contributed by atoms with Gasteiger partial charge in [-0.1, -0.05) is 13.8 Å². The van der Waals surface area contributed by atoms with Gasteiger partial charge in [-0.15, -0.1) is 0 Å². The Hall–Kier alpha value is -2.57. The van der Waals surface area contributed by atoms with E-state index in [4.69, 9.17) is 4.42 Å². The minimum atomic E-state index is -0.592. The maximum absolute atomic E-state index is 12.6. The maximum atomic E-state index is 12.6. The van der Waals surface area contributed by atoms with E-state index in [1.165, 1.54) is 0 Å². The Morgan fingerprint density at radius 2 is 2.28 bits per heavy atom. The molecule has 7 nitrogen and oxygen atoms in total. The second-order valence-corrected chi connectivity index (χ2v) is 6.86. The highest BCUT2D eigenvalue weighted by Gasteiger charge is 2.21. The lowest BCUT2D eigenvalue weighted by Gasteiger charge is -2.17. The van der Waals surface area contributed by atoms with E-state index in [0.29, 0.717) is 29.3 Å². The molecule has 0 saturated heterocycles. The van der Waals surface area contributed by atoms with Crippen LogP contribution in [0.1, 0.15) is 48.4 Å². The maximum Gasteiger partial charge on any atom is 0.349 e. The predicted octanol–water partition coefficient (Wildman–Crippen LogP) is 2.80. The molecular weight excluding hydrogens is 320 g/mol. The van der Waals surface area contributed by atoms with Gasteiger partial charge in [0.15, 0.2) is 0 Å². The number of carbonyl (C=O) groups is 1. The van der Waals surface area contributed by atoms with Gasteiger partial charge in [-0.25, -0.2) is 9.48 Å². The molecule has 0 fully saturated rings. The number of nitrogens with zero attached hydrogens (tertiary/aromatic N) is 2. The molecule has 7 heteroatoms. The van der Waals surface area contributed by atoms with Crippen LogP contribution in [0.5, 0.6) is 0 Å². The lowest BCUT2D eigenvalue weighted by atomic mass is 10.0. The Balaban J connectivity index is 1.80. The number of anilines is 2. The number of aromatic nitrogens is 2.